The van der Waals surface area contributed by atoms with Gasteiger partial charge in [-0.25, -0.2) is 9.59 Å². The zero-order valence-electron chi connectivity index (χ0n) is 20.6. The largest absolute Gasteiger partial charge is 0.493 e. The predicted molar refractivity (Wildman–Crippen MR) is 123 cm³/mol. The van der Waals surface area contributed by atoms with Gasteiger partial charge in [0.15, 0.2) is 17.6 Å². The lowest BCUT2D eigenvalue weighted by atomic mass is 9.47. The molecule has 3 aliphatic carbocycles. The molecule has 0 saturated heterocycles. The molecule has 0 radical (unpaired) electrons. The molecule has 1 aliphatic heterocycles. The molecular formula is C26H28O11. The monoisotopic (exact) mass is 516 g/mol. The van der Waals surface area contributed by atoms with Crippen LogP contribution in [0.15, 0.2) is 24.0 Å². The number of aliphatic carboxylic acids is 1. The van der Waals surface area contributed by atoms with Crippen LogP contribution in [0.5, 0.6) is 11.5 Å². The van der Waals surface area contributed by atoms with Crippen LogP contribution in [0.1, 0.15) is 50.7 Å². The van der Waals surface area contributed by atoms with E-state index in [9.17, 15) is 29.4 Å². The minimum atomic E-state index is -2.12. The van der Waals surface area contributed by atoms with Crippen molar-refractivity contribution in [3.63, 3.8) is 0 Å². The quantitative estimate of drug-likeness (QED) is 0.401. The Morgan fingerprint density at radius 3 is 2.46 bits per heavy atom. The second-order valence-corrected chi connectivity index (χ2v) is 9.95. The van der Waals surface area contributed by atoms with Crippen molar-refractivity contribution in [2.24, 2.45) is 5.92 Å². The Morgan fingerprint density at radius 2 is 1.81 bits per heavy atom. The average molecular weight is 516 g/mol. The van der Waals surface area contributed by atoms with E-state index < -0.39 is 53.2 Å². The van der Waals surface area contributed by atoms with E-state index >= 15 is 0 Å². The third-order valence-corrected chi connectivity index (χ3v) is 8.02. The topological polar surface area (TPSA) is 155 Å². The van der Waals surface area contributed by atoms with Crippen LogP contribution in [-0.4, -0.2) is 65.1 Å². The summed E-state index contributed by atoms with van der Waals surface area (Å²) in [6.45, 7) is 1.95. The van der Waals surface area contributed by atoms with Crippen LogP contribution in [0.25, 0.3) is 0 Å². The molecule has 5 rings (SSSR count). The number of aliphatic hydroxyl groups is 1. The Kier molecular flexibility index (Phi) is 5.93. The van der Waals surface area contributed by atoms with E-state index in [2.05, 4.69) is 0 Å². The number of carbonyl (C=O) groups is 4. The molecule has 1 heterocycles. The van der Waals surface area contributed by atoms with Gasteiger partial charge in [0.25, 0.3) is 0 Å². The molecule has 2 N–H and O–H groups in total. The Labute approximate surface area is 212 Å². The van der Waals surface area contributed by atoms with Gasteiger partial charge >= 0.3 is 23.9 Å². The maximum atomic E-state index is 13.2. The number of carboxylic acid groups (broad SMARTS) is 1. The summed E-state index contributed by atoms with van der Waals surface area (Å²) in [5.41, 5.74) is -0.167. The molecule has 1 fully saturated rings. The van der Waals surface area contributed by atoms with E-state index in [0.717, 1.165) is 37.8 Å². The van der Waals surface area contributed by atoms with Crippen molar-refractivity contribution in [1.82, 2.24) is 0 Å². The molecule has 6 atom stereocenters. The third kappa shape index (κ3) is 3.58. The van der Waals surface area contributed by atoms with Crippen molar-refractivity contribution in [2.75, 3.05) is 7.11 Å². The Balaban J connectivity index is 1.54. The first-order valence-electron chi connectivity index (χ1n) is 12.1. The van der Waals surface area contributed by atoms with Crippen molar-refractivity contribution in [1.29, 1.82) is 0 Å². The number of hydrogen-bond donors (Lipinski definition) is 2. The van der Waals surface area contributed by atoms with Crippen molar-refractivity contribution < 1.29 is 53.1 Å². The average Bonchev–Trinajstić information content (AvgIpc) is 3.17. The molecule has 0 aromatic heterocycles. The molecule has 0 amide bonds. The maximum Gasteiger partial charge on any atom is 0.357 e. The van der Waals surface area contributed by atoms with Gasteiger partial charge in [0.05, 0.1) is 18.1 Å². The van der Waals surface area contributed by atoms with Crippen LogP contribution >= 0.6 is 0 Å². The number of carboxylic acids is 1. The highest BCUT2D eigenvalue weighted by molar-refractivity contribution is 5.88. The fraction of sp³-hybridized carbons (Fsp3) is 0.538. The third-order valence-electron chi connectivity index (χ3n) is 8.02. The smallest absolute Gasteiger partial charge is 0.357 e. The summed E-state index contributed by atoms with van der Waals surface area (Å²) in [4.78, 5) is 48.2. The second kappa shape index (κ2) is 8.76. The summed E-state index contributed by atoms with van der Waals surface area (Å²) in [5.74, 6) is -3.88. The first kappa shape index (κ1) is 25.1. The Hall–Kier alpha value is -3.60. The number of carbonyl (C=O) groups excluding carboxylic acids is 3. The molecule has 37 heavy (non-hydrogen) atoms. The molecule has 2 bridgehead atoms. The van der Waals surface area contributed by atoms with Crippen molar-refractivity contribution >= 4 is 23.9 Å². The van der Waals surface area contributed by atoms with E-state index in [4.69, 9.17) is 23.7 Å². The molecule has 1 aromatic carbocycles. The van der Waals surface area contributed by atoms with Gasteiger partial charge in [0.2, 0.25) is 12.2 Å². The first-order valence-corrected chi connectivity index (χ1v) is 12.1. The van der Waals surface area contributed by atoms with Crippen LogP contribution in [-0.2, 0) is 45.2 Å². The van der Waals surface area contributed by atoms with Crippen LogP contribution in [0, 0.1) is 5.92 Å². The van der Waals surface area contributed by atoms with Crippen LogP contribution in [0.2, 0.25) is 0 Å². The number of hydrogen-bond acceptors (Lipinski definition) is 10. The van der Waals surface area contributed by atoms with Gasteiger partial charge in [-0.3, -0.25) is 9.59 Å². The van der Waals surface area contributed by atoms with Gasteiger partial charge in [0, 0.05) is 19.4 Å². The number of benzene rings is 1. The van der Waals surface area contributed by atoms with Gasteiger partial charge in [0.1, 0.15) is 5.76 Å². The summed E-state index contributed by atoms with van der Waals surface area (Å²) in [6, 6.07) is 3.78. The molecule has 1 spiro atoms. The standard InChI is InChI=1S/C26H28O11/c1-12(27)34-20(23(29)30)21(35-13(2)28)24(31)36-17-8-10-26(32)15-5-4-9-25(26)18-14(11-15)6-7-16(33-3)19(18)37-22(17)25/h6-8,15,20-22,32H,4-5,9-11H2,1-3H3,(H,29,30)/t15-,20-,21-,22+,25+,26-/m0/s1. The van der Waals surface area contributed by atoms with Gasteiger partial charge < -0.3 is 33.9 Å². The lowest BCUT2D eigenvalue weighted by Crippen LogP contribution is -2.67. The maximum absolute atomic E-state index is 13.2. The molecule has 198 valence electrons. The molecule has 4 aliphatic rings. The molecule has 1 saturated carbocycles. The van der Waals surface area contributed by atoms with Gasteiger partial charge in [-0.2, -0.15) is 0 Å². The highest BCUT2D eigenvalue weighted by Crippen LogP contribution is 2.67. The molecule has 11 heteroatoms. The van der Waals surface area contributed by atoms with Crippen molar-refractivity contribution in [3.8, 4) is 11.5 Å². The summed E-state index contributed by atoms with van der Waals surface area (Å²) >= 11 is 0. The fourth-order valence-corrected chi connectivity index (χ4v) is 6.69. The summed E-state index contributed by atoms with van der Waals surface area (Å²) in [7, 11) is 1.52. The number of rotatable bonds is 7. The van der Waals surface area contributed by atoms with E-state index in [0.29, 0.717) is 24.3 Å². The Morgan fingerprint density at radius 1 is 1.11 bits per heavy atom. The van der Waals surface area contributed by atoms with E-state index in [1.54, 1.807) is 6.08 Å². The minimum absolute atomic E-state index is 0.0261. The summed E-state index contributed by atoms with van der Waals surface area (Å²) in [6.07, 6.45) is -0.410. The van der Waals surface area contributed by atoms with E-state index in [-0.39, 0.29) is 18.1 Å². The molecule has 0 unspecified atom stereocenters. The predicted octanol–water partition coefficient (Wildman–Crippen LogP) is 1.56. The SMILES string of the molecule is COc1ccc2c3c1O[C@@H]1C(OC(=O)[C@@H](OC(C)=O)[C@H](OC(C)=O)C(=O)O)=CC[C@]4(O)[C@@H](CCC[C@@]314)C2. The fourth-order valence-electron chi connectivity index (χ4n) is 6.69. The van der Waals surface area contributed by atoms with Crippen molar-refractivity contribution in [3.05, 3.63) is 35.1 Å². The van der Waals surface area contributed by atoms with Gasteiger partial charge in [-0.1, -0.05) is 12.5 Å². The number of methoxy groups -OCH3 is 1. The lowest BCUT2D eigenvalue weighted by Gasteiger charge is -2.59. The normalized spacial score (nSPS) is 30.0. The molecule has 11 nitrogen and oxygen atoms in total. The Bertz CT molecular complexity index is 1220. The number of esters is 3. The van der Waals surface area contributed by atoms with Crippen LogP contribution in [0.3, 0.4) is 0 Å². The van der Waals surface area contributed by atoms with E-state index in [1.807, 2.05) is 12.1 Å². The highest BCUT2D eigenvalue weighted by Gasteiger charge is 2.71. The van der Waals surface area contributed by atoms with Crippen molar-refractivity contribution in [2.45, 2.75) is 75.3 Å². The molecule has 1 aromatic rings. The van der Waals surface area contributed by atoms with E-state index in [1.165, 1.54) is 7.11 Å². The molecular weight excluding hydrogens is 488 g/mol. The van der Waals surface area contributed by atoms with Crippen LogP contribution in [0.4, 0.5) is 0 Å². The van der Waals surface area contributed by atoms with Crippen LogP contribution < -0.4 is 9.47 Å². The van der Waals surface area contributed by atoms with Gasteiger partial charge in [-0.15, -0.1) is 0 Å². The highest BCUT2D eigenvalue weighted by atomic mass is 16.6. The zero-order chi connectivity index (χ0) is 26.7. The zero-order valence-corrected chi connectivity index (χ0v) is 20.6. The summed E-state index contributed by atoms with van der Waals surface area (Å²) < 4.78 is 27.2. The first-order chi connectivity index (χ1) is 17.5. The second-order valence-electron chi connectivity index (χ2n) is 9.95. The van der Waals surface area contributed by atoms with Gasteiger partial charge in [-0.05, 0) is 49.3 Å². The lowest BCUT2D eigenvalue weighted by molar-refractivity contribution is -0.189. The minimum Gasteiger partial charge on any atom is -0.493 e. The summed E-state index contributed by atoms with van der Waals surface area (Å²) in [5, 5.41) is 21.7. The number of ether oxygens (including phenoxy) is 5.